The van der Waals surface area contributed by atoms with Crippen LogP contribution < -0.4 is 14.2 Å². The summed E-state index contributed by atoms with van der Waals surface area (Å²) in [5.74, 6) is 1.21. The number of rotatable bonds is 7. The third kappa shape index (κ3) is 4.15. The highest BCUT2D eigenvalue weighted by molar-refractivity contribution is 5.48. The highest BCUT2D eigenvalue weighted by Crippen LogP contribution is 2.35. The molecule has 0 aliphatic heterocycles. The van der Waals surface area contributed by atoms with Crippen LogP contribution in [0.3, 0.4) is 0 Å². The molecule has 2 unspecified atom stereocenters. The van der Waals surface area contributed by atoms with E-state index in [0.717, 1.165) is 5.56 Å². The average Bonchev–Trinajstić information content (AvgIpc) is 2.62. The summed E-state index contributed by atoms with van der Waals surface area (Å²) in [4.78, 5) is 0. The molecule has 0 fully saturated rings. The van der Waals surface area contributed by atoms with Crippen molar-refractivity contribution in [3.8, 4) is 23.0 Å². The topological polar surface area (TPSA) is 88.4 Å². The van der Waals surface area contributed by atoms with E-state index in [1.54, 1.807) is 19.1 Å². The molecule has 3 N–H and O–H groups in total. The molecule has 136 valence electrons. The highest BCUT2D eigenvalue weighted by atomic mass is 16.5. The predicted molar refractivity (Wildman–Crippen MR) is 93.6 cm³/mol. The summed E-state index contributed by atoms with van der Waals surface area (Å²) in [6.45, 7) is 3.22. The van der Waals surface area contributed by atoms with Crippen molar-refractivity contribution in [2.45, 2.75) is 26.1 Å². The molecule has 2 aromatic carbocycles. The number of hydrogen-bond acceptors (Lipinski definition) is 6. The molecule has 2 atom stereocenters. The number of benzene rings is 2. The Kier molecular flexibility index (Phi) is 6.12. The summed E-state index contributed by atoms with van der Waals surface area (Å²) in [5, 5.41) is 30.2. The SMILES string of the molecule is COc1cc(C)ccc1OC(CO)C(O)c1cc(C)c(O)c(OC)c1. The summed E-state index contributed by atoms with van der Waals surface area (Å²) in [6.07, 6.45) is -2.03. The van der Waals surface area contributed by atoms with Gasteiger partial charge in [-0.2, -0.15) is 0 Å². The maximum atomic E-state index is 10.6. The predicted octanol–water partition coefficient (Wildman–Crippen LogP) is 2.50. The van der Waals surface area contributed by atoms with Crippen LogP contribution >= 0.6 is 0 Å². The van der Waals surface area contributed by atoms with Crippen molar-refractivity contribution >= 4 is 0 Å². The molecule has 0 saturated heterocycles. The Bertz CT molecular complexity index is 728. The van der Waals surface area contributed by atoms with E-state index in [-0.39, 0.29) is 11.5 Å². The van der Waals surface area contributed by atoms with E-state index in [2.05, 4.69) is 0 Å². The van der Waals surface area contributed by atoms with Gasteiger partial charge in [-0.1, -0.05) is 6.07 Å². The Labute approximate surface area is 147 Å². The van der Waals surface area contributed by atoms with Gasteiger partial charge in [0.2, 0.25) is 0 Å². The molecule has 25 heavy (non-hydrogen) atoms. The molecule has 0 amide bonds. The van der Waals surface area contributed by atoms with E-state index in [4.69, 9.17) is 14.2 Å². The van der Waals surface area contributed by atoms with Crippen molar-refractivity contribution in [3.63, 3.8) is 0 Å². The fraction of sp³-hybridized carbons (Fsp3) is 0.368. The Balaban J connectivity index is 2.30. The molecule has 0 heterocycles. The van der Waals surface area contributed by atoms with E-state index < -0.39 is 18.8 Å². The monoisotopic (exact) mass is 348 g/mol. The van der Waals surface area contributed by atoms with E-state index in [0.29, 0.717) is 22.6 Å². The van der Waals surface area contributed by atoms with Gasteiger partial charge >= 0.3 is 0 Å². The van der Waals surface area contributed by atoms with Gasteiger partial charge in [0, 0.05) is 0 Å². The lowest BCUT2D eigenvalue weighted by Gasteiger charge is -2.24. The first-order valence-corrected chi connectivity index (χ1v) is 7.89. The Morgan fingerprint density at radius 2 is 1.64 bits per heavy atom. The van der Waals surface area contributed by atoms with E-state index in [9.17, 15) is 15.3 Å². The van der Waals surface area contributed by atoms with E-state index in [1.165, 1.54) is 20.3 Å². The largest absolute Gasteiger partial charge is 0.504 e. The molecule has 0 bridgehead atoms. The van der Waals surface area contributed by atoms with Crippen LogP contribution in [0.5, 0.6) is 23.0 Å². The standard InChI is InChI=1S/C19H24O6/c1-11-5-6-14(15(7-11)23-3)25-17(10-20)19(22)13-8-12(2)18(21)16(9-13)24-4/h5-9,17,19-22H,10H2,1-4H3. The van der Waals surface area contributed by atoms with Gasteiger partial charge in [-0.15, -0.1) is 0 Å². The van der Waals surface area contributed by atoms with Gasteiger partial charge in [0.1, 0.15) is 6.10 Å². The normalized spacial score (nSPS) is 13.2. The Morgan fingerprint density at radius 1 is 0.960 bits per heavy atom. The van der Waals surface area contributed by atoms with Crippen molar-refractivity contribution in [3.05, 3.63) is 47.0 Å². The van der Waals surface area contributed by atoms with Gasteiger partial charge in [-0.25, -0.2) is 0 Å². The third-order valence-electron chi connectivity index (χ3n) is 3.98. The van der Waals surface area contributed by atoms with Crippen LogP contribution in [0.25, 0.3) is 0 Å². The highest BCUT2D eigenvalue weighted by Gasteiger charge is 2.25. The summed E-state index contributed by atoms with van der Waals surface area (Å²) in [5.41, 5.74) is 2.03. The quantitative estimate of drug-likeness (QED) is 0.712. The van der Waals surface area contributed by atoms with Crippen LogP contribution in [0.4, 0.5) is 0 Å². The molecular weight excluding hydrogens is 324 g/mol. The lowest BCUT2D eigenvalue weighted by atomic mass is 10.0. The van der Waals surface area contributed by atoms with Crippen molar-refractivity contribution < 1.29 is 29.5 Å². The molecule has 0 saturated carbocycles. The van der Waals surface area contributed by atoms with Gasteiger partial charge in [0.25, 0.3) is 0 Å². The van der Waals surface area contributed by atoms with E-state index in [1.807, 2.05) is 19.1 Å². The summed E-state index contributed by atoms with van der Waals surface area (Å²) in [7, 11) is 2.96. The van der Waals surface area contributed by atoms with Crippen LogP contribution in [0.2, 0.25) is 0 Å². The van der Waals surface area contributed by atoms with Gasteiger partial charge in [-0.3, -0.25) is 0 Å². The van der Waals surface area contributed by atoms with E-state index >= 15 is 0 Å². The fourth-order valence-corrected chi connectivity index (χ4v) is 2.55. The number of phenolic OH excluding ortho intramolecular Hbond substituents is 1. The third-order valence-corrected chi connectivity index (χ3v) is 3.98. The number of methoxy groups -OCH3 is 2. The summed E-state index contributed by atoms with van der Waals surface area (Å²) < 4.78 is 16.2. The number of aliphatic hydroxyl groups is 2. The molecule has 0 spiro atoms. The van der Waals surface area contributed by atoms with Crippen molar-refractivity contribution in [2.75, 3.05) is 20.8 Å². The van der Waals surface area contributed by atoms with Gasteiger partial charge in [0.05, 0.1) is 20.8 Å². The lowest BCUT2D eigenvalue weighted by molar-refractivity contribution is -0.000548. The second kappa shape index (κ2) is 8.09. The number of phenols is 1. The van der Waals surface area contributed by atoms with Gasteiger partial charge < -0.3 is 29.5 Å². The van der Waals surface area contributed by atoms with Crippen molar-refractivity contribution in [2.24, 2.45) is 0 Å². The first kappa shape index (κ1) is 18.9. The minimum absolute atomic E-state index is 0.0140. The average molecular weight is 348 g/mol. The fourth-order valence-electron chi connectivity index (χ4n) is 2.55. The molecule has 0 aromatic heterocycles. The molecule has 0 aliphatic rings. The molecule has 2 rings (SSSR count). The Hall–Kier alpha value is -2.44. The second-order valence-corrected chi connectivity index (χ2v) is 5.83. The first-order valence-electron chi connectivity index (χ1n) is 7.89. The van der Waals surface area contributed by atoms with Gasteiger partial charge in [-0.05, 0) is 54.8 Å². The zero-order chi connectivity index (χ0) is 18.6. The number of ether oxygens (including phenoxy) is 3. The van der Waals surface area contributed by atoms with Crippen LogP contribution in [0, 0.1) is 13.8 Å². The van der Waals surface area contributed by atoms with Crippen LogP contribution in [0.1, 0.15) is 22.8 Å². The summed E-state index contributed by atoms with van der Waals surface area (Å²) >= 11 is 0. The van der Waals surface area contributed by atoms with Crippen molar-refractivity contribution in [1.82, 2.24) is 0 Å². The maximum absolute atomic E-state index is 10.6. The zero-order valence-electron chi connectivity index (χ0n) is 14.8. The number of aliphatic hydroxyl groups excluding tert-OH is 2. The van der Waals surface area contributed by atoms with Gasteiger partial charge in [0.15, 0.2) is 29.1 Å². The minimum atomic E-state index is -1.12. The second-order valence-electron chi connectivity index (χ2n) is 5.83. The molecule has 2 aromatic rings. The van der Waals surface area contributed by atoms with Crippen molar-refractivity contribution in [1.29, 1.82) is 0 Å². The smallest absolute Gasteiger partial charge is 0.161 e. The van der Waals surface area contributed by atoms with Crippen LogP contribution in [-0.4, -0.2) is 42.3 Å². The molecule has 0 radical (unpaired) electrons. The number of aryl methyl sites for hydroxylation is 2. The first-order chi connectivity index (χ1) is 11.9. The zero-order valence-corrected chi connectivity index (χ0v) is 14.8. The molecule has 0 aliphatic carbocycles. The Morgan fingerprint density at radius 3 is 2.24 bits per heavy atom. The molecule has 6 nitrogen and oxygen atoms in total. The minimum Gasteiger partial charge on any atom is -0.504 e. The lowest BCUT2D eigenvalue weighted by Crippen LogP contribution is -2.29. The molecule has 6 heteroatoms. The maximum Gasteiger partial charge on any atom is 0.161 e. The molecular formula is C19H24O6. The summed E-state index contributed by atoms with van der Waals surface area (Å²) in [6, 6.07) is 8.54. The van der Waals surface area contributed by atoms with Crippen LogP contribution in [-0.2, 0) is 0 Å². The number of hydrogen-bond donors (Lipinski definition) is 3. The number of aromatic hydroxyl groups is 1. The van der Waals surface area contributed by atoms with Crippen LogP contribution in [0.15, 0.2) is 30.3 Å².